The summed E-state index contributed by atoms with van der Waals surface area (Å²) >= 11 is 0. The molecule has 26 heavy (non-hydrogen) atoms. The van der Waals surface area contributed by atoms with Crippen LogP contribution in [0.3, 0.4) is 0 Å². The Bertz CT molecular complexity index is 609. The number of carbonyl (C=O) groups excluding carboxylic acids is 1. The summed E-state index contributed by atoms with van der Waals surface area (Å²) in [7, 11) is 0. The van der Waals surface area contributed by atoms with Gasteiger partial charge in [0, 0.05) is 43.8 Å². The van der Waals surface area contributed by atoms with Crippen molar-refractivity contribution in [3.63, 3.8) is 0 Å². The molecule has 0 aliphatic carbocycles. The summed E-state index contributed by atoms with van der Waals surface area (Å²) in [6.45, 7) is 9.09. The molecule has 3 aliphatic heterocycles. The van der Waals surface area contributed by atoms with Gasteiger partial charge in [0.1, 0.15) is 0 Å². The Morgan fingerprint density at radius 2 is 1.77 bits per heavy atom. The Labute approximate surface area is 156 Å². The summed E-state index contributed by atoms with van der Waals surface area (Å²) < 4.78 is 5.81. The van der Waals surface area contributed by atoms with E-state index in [1.165, 1.54) is 5.56 Å². The zero-order valence-corrected chi connectivity index (χ0v) is 16.0. The van der Waals surface area contributed by atoms with Gasteiger partial charge in [-0.15, -0.1) is 0 Å². The highest BCUT2D eigenvalue weighted by atomic mass is 16.5. The van der Waals surface area contributed by atoms with Crippen LogP contribution in [0.5, 0.6) is 0 Å². The van der Waals surface area contributed by atoms with Crippen molar-refractivity contribution in [1.29, 1.82) is 0 Å². The topological polar surface area (TPSA) is 44.8 Å². The van der Waals surface area contributed by atoms with Crippen LogP contribution in [-0.4, -0.2) is 66.2 Å². The van der Waals surface area contributed by atoms with Crippen molar-refractivity contribution in [2.24, 2.45) is 0 Å². The highest BCUT2D eigenvalue weighted by Crippen LogP contribution is 2.29. The number of hydrogen-bond donors (Lipinski definition) is 1. The van der Waals surface area contributed by atoms with Crippen LogP contribution in [0.1, 0.15) is 49.0 Å². The van der Waals surface area contributed by atoms with E-state index in [0.29, 0.717) is 12.1 Å². The van der Waals surface area contributed by atoms with Crippen LogP contribution in [0.25, 0.3) is 0 Å². The third kappa shape index (κ3) is 3.80. The zero-order valence-electron chi connectivity index (χ0n) is 16.0. The van der Waals surface area contributed by atoms with Crippen LogP contribution in [0, 0.1) is 0 Å². The number of benzene rings is 1. The number of amides is 1. The maximum atomic E-state index is 13.1. The first kappa shape index (κ1) is 18.0. The van der Waals surface area contributed by atoms with Gasteiger partial charge in [-0.1, -0.05) is 12.1 Å². The number of hydrogen-bond acceptors (Lipinski definition) is 4. The molecule has 0 aromatic heterocycles. The van der Waals surface area contributed by atoms with Gasteiger partial charge in [-0.25, -0.2) is 0 Å². The Balaban J connectivity index is 1.42. The molecule has 3 fully saturated rings. The number of nitrogens with one attached hydrogen (secondary N) is 1. The monoisotopic (exact) mass is 357 g/mol. The summed E-state index contributed by atoms with van der Waals surface area (Å²) in [5, 5.41) is 3.47. The van der Waals surface area contributed by atoms with Crippen molar-refractivity contribution in [3.05, 3.63) is 35.4 Å². The van der Waals surface area contributed by atoms with E-state index in [1.807, 2.05) is 12.1 Å². The largest absolute Gasteiger partial charge is 0.373 e. The third-order valence-corrected chi connectivity index (χ3v) is 5.99. The highest BCUT2D eigenvalue weighted by molar-refractivity contribution is 5.95. The molecule has 2 bridgehead atoms. The van der Waals surface area contributed by atoms with E-state index in [0.717, 1.165) is 57.5 Å². The van der Waals surface area contributed by atoms with Crippen molar-refractivity contribution in [1.82, 2.24) is 15.1 Å². The van der Waals surface area contributed by atoms with Gasteiger partial charge >= 0.3 is 0 Å². The standard InChI is InChI=1S/C21H31N3O2/c1-15-12-23(13-16(2)26-15)14-17-3-5-18(6-4-17)21(25)24-19-7-8-20(24)11-22-10-9-19/h3-6,15-16,19-20,22H,7-14H2,1-2H3. The minimum atomic E-state index is 0.210. The van der Waals surface area contributed by atoms with Gasteiger partial charge in [0.2, 0.25) is 0 Å². The molecular formula is C21H31N3O2. The van der Waals surface area contributed by atoms with Crippen molar-refractivity contribution in [2.75, 3.05) is 26.2 Å². The average Bonchev–Trinajstić information content (AvgIpc) is 2.87. The fraction of sp³-hybridized carbons (Fsp3) is 0.667. The van der Waals surface area contributed by atoms with Crippen molar-refractivity contribution in [2.45, 2.75) is 63.9 Å². The predicted octanol–water partition coefficient (Wildman–Crippen LogP) is 2.26. The van der Waals surface area contributed by atoms with Gasteiger partial charge < -0.3 is 15.0 Å². The van der Waals surface area contributed by atoms with Gasteiger partial charge in [0.15, 0.2) is 0 Å². The smallest absolute Gasteiger partial charge is 0.254 e. The molecule has 0 saturated carbocycles. The van der Waals surface area contributed by atoms with Gasteiger partial charge in [-0.05, 0) is 57.4 Å². The summed E-state index contributed by atoms with van der Waals surface area (Å²) in [6, 6.07) is 9.06. The second-order valence-electron chi connectivity index (χ2n) is 8.24. The molecule has 5 heteroatoms. The normalized spacial score (nSPS) is 32.5. The Kier molecular flexibility index (Phi) is 5.30. The summed E-state index contributed by atoms with van der Waals surface area (Å²) in [5.74, 6) is 0.210. The highest BCUT2D eigenvalue weighted by Gasteiger charge is 2.38. The van der Waals surface area contributed by atoms with Crippen LogP contribution >= 0.6 is 0 Å². The van der Waals surface area contributed by atoms with Gasteiger partial charge in [0.25, 0.3) is 5.91 Å². The number of ether oxygens (including phenoxy) is 1. The molecule has 5 nitrogen and oxygen atoms in total. The minimum absolute atomic E-state index is 0.210. The molecule has 3 aliphatic rings. The Hall–Kier alpha value is -1.43. The van der Waals surface area contributed by atoms with Crippen molar-refractivity contribution in [3.8, 4) is 0 Å². The van der Waals surface area contributed by atoms with Gasteiger partial charge in [0.05, 0.1) is 12.2 Å². The van der Waals surface area contributed by atoms with Crippen LogP contribution in [0.15, 0.2) is 24.3 Å². The average molecular weight is 357 g/mol. The quantitative estimate of drug-likeness (QED) is 0.901. The summed E-state index contributed by atoms with van der Waals surface area (Å²) in [6.07, 6.45) is 3.94. The molecule has 4 atom stereocenters. The zero-order chi connectivity index (χ0) is 18.1. The van der Waals surface area contributed by atoms with E-state index >= 15 is 0 Å². The molecule has 0 radical (unpaired) electrons. The first-order chi connectivity index (χ1) is 12.6. The lowest BCUT2D eigenvalue weighted by Gasteiger charge is -2.35. The van der Waals surface area contributed by atoms with E-state index in [4.69, 9.17) is 4.74 Å². The lowest BCUT2D eigenvalue weighted by atomic mass is 10.1. The number of rotatable bonds is 3. The lowest BCUT2D eigenvalue weighted by Crippen LogP contribution is -2.44. The molecule has 1 N–H and O–H groups in total. The van der Waals surface area contributed by atoms with Gasteiger partial charge in [-0.2, -0.15) is 0 Å². The molecule has 1 aromatic carbocycles. The maximum Gasteiger partial charge on any atom is 0.254 e. The fourth-order valence-electron chi connectivity index (χ4n) is 4.89. The molecular weight excluding hydrogens is 326 g/mol. The van der Waals surface area contributed by atoms with Crippen LogP contribution in [0.2, 0.25) is 0 Å². The SMILES string of the molecule is CC1CN(Cc2ccc(C(=O)N3C4CCNCC3CC4)cc2)CC(C)O1. The van der Waals surface area contributed by atoms with E-state index in [9.17, 15) is 4.79 Å². The van der Waals surface area contributed by atoms with Gasteiger partial charge in [-0.3, -0.25) is 9.69 Å². The first-order valence-corrected chi connectivity index (χ1v) is 10.1. The second kappa shape index (κ2) is 7.67. The number of morpholine rings is 1. The fourth-order valence-corrected chi connectivity index (χ4v) is 4.89. The number of fused-ring (bicyclic) bond motifs is 2. The minimum Gasteiger partial charge on any atom is -0.373 e. The van der Waals surface area contributed by atoms with Crippen LogP contribution in [0.4, 0.5) is 0 Å². The van der Waals surface area contributed by atoms with Crippen LogP contribution in [-0.2, 0) is 11.3 Å². The molecule has 3 saturated heterocycles. The van der Waals surface area contributed by atoms with E-state index in [-0.39, 0.29) is 18.1 Å². The number of nitrogens with zero attached hydrogens (tertiary/aromatic N) is 2. The second-order valence-corrected chi connectivity index (χ2v) is 8.24. The predicted molar refractivity (Wildman–Crippen MR) is 102 cm³/mol. The molecule has 1 aromatic rings. The lowest BCUT2D eigenvalue weighted by molar-refractivity contribution is -0.0704. The molecule has 4 unspecified atom stereocenters. The Morgan fingerprint density at radius 3 is 2.50 bits per heavy atom. The van der Waals surface area contributed by atoms with E-state index in [1.54, 1.807) is 0 Å². The molecule has 3 heterocycles. The molecule has 1 amide bonds. The van der Waals surface area contributed by atoms with Crippen molar-refractivity contribution >= 4 is 5.91 Å². The summed E-state index contributed by atoms with van der Waals surface area (Å²) in [4.78, 5) is 17.7. The molecule has 4 rings (SSSR count). The molecule has 142 valence electrons. The van der Waals surface area contributed by atoms with Crippen molar-refractivity contribution < 1.29 is 9.53 Å². The van der Waals surface area contributed by atoms with E-state index < -0.39 is 0 Å². The molecule has 0 spiro atoms. The first-order valence-electron chi connectivity index (χ1n) is 10.1. The van der Waals surface area contributed by atoms with Crippen LogP contribution < -0.4 is 5.32 Å². The maximum absolute atomic E-state index is 13.1. The van der Waals surface area contributed by atoms with E-state index in [2.05, 4.69) is 41.1 Å². The third-order valence-electron chi connectivity index (χ3n) is 5.99. The number of carbonyl (C=O) groups is 1. The Morgan fingerprint density at radius 1 is 1.08 bits per heavy atom. The summed E-state index contributed by atoms with van der Waals surface area (Å²) in [5.41, 5.74) is 2.10.